The third-order valence-electron chi connectivity index (χ3n) is 4.27. The zero-order valence-corrected chi connectivity index (χ0v) is 14.4. The van der Waals surface area contributed by atoms with Crippen molar-refractivity contribution in [3.05, 3.63) is 46.6 Å². The van der Waals surface area contributed by atoms with Crippen LogP contribution in [0.5, 0.6) is 0 Å². The zero-order chi connectivity index (χ0) is 18.3. The van der Waals surface area contributed by atoms with Crippen LogP contribution >= 0.6 is 0 Å². The van der Waals surface area contributed by atoms with Crippen LogP contribution in [-0.4, -0.2) is 26.9 Å². The van der Waals surface area contributed by atoms with E-state index in [4.69, 9.17) is 8.94 Å². The highest BCUT2D eigenvalue weighted by Gasteiger charge is 2.28. The number of nitrogens with one attached hydrogen (secondary N) is 1. The van der Waals surface area contributed by atoms with Crippen LogP contribution in [0, 0.1) is 6.92 Å². The molecular formula is C18H18N4O4. The minimum Gasteiger partial charge on any atom is -0.463 e. The van der Waals surface area contributed by atoms with E-state index in [2.05, 4.69) is 15.6 Å². The SMILES string of the molecule is Cc1cc(-c2cc(=O)n([C@H](C)C(=O)NC3CC3)nc2-c2ccco2)on1. The number of rotatable bonds is 5. The molecule has 0 spiro atoms. The molecule has 3 heterocycles. The van der Waals surface area contributed by atoms with Crippen molar-refractivity contribution in [1.29, 1.82) is 0 Å². The van der Waals surface area contributed by atoms with Crippen molar-refractivity contribution in [2.45, 2.75) is 38.8 Å². The van der Waals surface area contributed by atoms with Crippen LogP contribution in [0.1, 0.15) is 31.5 Å². The second kappa shape index (κ2) is 6.29. The van der Waals surface area contributed by atoms with Gasteiger partial charge >= 0.3 is 0 Å². The molecule has 4 rings (SSSR count). The highest BCUT2D eigenvalue weighted by molar-refractivity contribution is 5.81. The standard InChI is InChI=1S/C18H18N4O4/c1-10-8-15(26-21-10)13-9-16(23)22(11(2)18(24)19-12-5-6-12)20-17(13)14-4-3-7-25-14/h3-4,7-9,11-12H,5-6H2,1-2H3,(H,19,24)/t11-/m1/s1. The largest absolute Gasteiger partial charge is 0.463 e. The smallest absolute Gasteiger partial charge is 0.268 e. The summed E-state index contributed by atoms with van der Waals surface area (Å²) in [6.45, 7) is 3.44. The molecule has 1 aliphatic carbocycles. The van der Waals surface area contributed by atoms with Crippen molar-refractivity contribution in [2.24, 2.45) is 0 Å². The summed E-state index contributed by atoms with van der Waals surface area (Å²) >= 11 is 0. The zero-order valence-electron chi connectivity index (χ0n) is 14.4. The third kappa shape index (κ3) is 3.05. The average molecular weight is 354 g/mol. The molecule has 0 unspecified atom stereocenters. The van der Waals surface area contributed by atoms with Gasteiger partial charge in [-0.1, -0.05) is 5.16 Å². The Kier molecular flexibility index (Phi) is 3.95. The van der Waals surface area contributed by atoms with Gasteiger partial charge in [0.15, 0.2) is 11.5 Å². The predicted octanol–water partition coefficient (Wildman–Crippen LogP) is 2.31. The lowest BCUT2D eigenvalue weighted by molar-refractivity contribution is -0.124. The third-order valence-corrected chi connectivity index (χ3v) is 4.27. The van der Waals surface area contributed by atoms with Crippen LogP contribution in [0.4, 0.5) is 0 Å². The molecule has 1 amide bonds. The first-order valence-electron chi connectivity index (χ1n) is 8.45. The topological polar surface area (TPSA) is 103 Å². The van der Waals surface area contributed by atoms with Gasteiger partial charge in [0.05, 0.1) is 17.5 Å². The van der Waals surface area contributed by atoms with Crippen molar-refractivity contribution in [3.8, 4) is 22.8 Å². The summed E-state index contributed by atoms with van der Waals surface area (Å²) in [5.74, 6) is 0.661. The molecule has 0 saturated heterocycles. The summed E-state index contributed by atoms with van der Waals surface area (Å²) in [7, 11) is 0. The molecule has 0 aromatic carbocycles. The number of amides is 1. The fraction of sp³-hybridized carbons (Fsp3) is 0.333. The Morgan fingerprint density at radius 1 is 1.35 bits per heavy atom. The number of hydrogen-bond acceptors (Lipinski definition) is 6. The molecule has 3 aromatic rings. The average Bonchev–Trinajstić information content (AvgIpc) is 3.10. The van der Waals surface area contributed by atoms with Crippen molar-refractivity contribution in [2.75, 3.05) is 0 Å². The van der Waals surface area contributed by atoms with Gasteiger partial charge in [-0.25, -0.2) is 4.68 Å². The maximum atomic E-state index is 12.6. The van der Waals surface area contributed by atoms with Crippen LogP contribution in [0.15, 0.2) is 44.3 Å². The van der Waals surface area contributed by atoms with Crippen molar-refractivity contribution >= 4 is 5.91 Å². The van der Waals surface area contributed by atoms with E-state index >= 15 is 0 Å². The van der Waals surface area contributed by atoms with Crippen LogP contribution in [0.3, 0.4) is 0 Å². The number of aromatic nitrogens is 3. The number of carbonyl (C=O) groups excluding carboxylic acids is 1. The van der Waals surface area contributed by atoms with E-state index in [1.807, 2.05) is 0 Å². The fourth-order valence-electron chi connectivity index (χ4n) is 2.68. The lowest BCUT2D eigenvalue weighted by Crippen LogP contribution is -2.38. The first-order valence-corrected chi connectivity index (χ1v) is 8.45. The van der Waals surface area contributed by atoms with E-state index in [0.717, 1.165) is 12.8 Å². The summed E-state index contributed by atoms with van der Waals surface area (Å²) in [5.41, 5.74) is 1.17. The molecule has 0 bridgehead atoms. The predicted molar refractivity (Wildman–Crippen MR) is 92.3 cm³/mol. The van der Waals surface area contributed by atoms with Crippen LogP contribution in [0.25, 0.3) is 22.8 Å². The highest BCUT2D eigenvalue weighted by Crippen LogP contribution is 2.30. The Hall–Kier alpha value is -3.16. The van der Waals surface area contributed by atoms with Crippen molar-refractivity contribution in [3.63, 3.8) is 0 Å². The molecule has 8 nitrogen and oxygen atoms in total. The molecule has 3 aromatic heterocycles. The van der Waals surface area contributed by atoms with Gasteiger partial charge in [-0.2, -0.15) is 5.10 Å². The molecule has 8 heteroatoms. The molecule has 0 aliphatic heterocycles. The highest BCUT2D eigenvalue weighted by atomic mass is 16.5. The van der Waals surface area contributed by atoms with E-state index in [-0.39, 0.29) is 11.9 Å². The summed E-state index contributed by atoms with van der Waals surface area (Å²) < 4.78 is 11.9. The lowest BCUT2D eigenvalue weighted by atomic mass is 10.1. The Bertz CT molecular complexity index is 999. The number of nitrogens with zero attached hydrogens (tertiary/aromatic N) is 3. The minimum atomic E-state index is -0.734. The van der Waals surface area contributed by atoms with E-state index < -0.39 is 11.6 Å². The monoisotopic (exact) mass is 354 g/mol. The molecule has 0 radical (unpaired) electrons. The maximum absolute atomic E-state index is 12.6. The first-order chi connectivity index (χ1) is 12.5. The van der Waals surface area contributed by atoms with Gasteiger partial charge in [-0.15, -0.1) is 0 Å². The van der Waals surface area contributed by atoms with Gasteiger partial charge in [0.1, 0.15) is 11.7 Å². The minimum absolute atomic E-state index is 0.210. The van der Waals surface area contributed by atoms with Crippen LogP contribution in [0.2, 0.25) is 0 Å². The van der Waals surface area contributed by atoms with Crippen molar-refractivity contribution in [1.82, 2.24) is 20.3 Å². The summed E-state index contributed by atoms with van der Waals surface area (Å²) in [5, 5.41) is 11.2. The quantitative estimate of drug-likeness (QED) is 0.754. The Morgan fingerprint density at radius 3 is 2.77 bits per heavy atom. The Balaban J connectivity index is 1.80. The molecule has 26 heavy (non-hydrogen) atoms. The number of aryl methyl sites for hydroxylation is 1. The number of furan rings is 1. The molecular weight excluding hydrogens is 336 g/mol. The number of carbonyl (C=O) groups is 1. The second-order valence-corrected chi connectivity index (χ2v) is 6.46. The van der Waals surface area contributed by atoms with Gasteiger partial charge in [-0.05, 0) is 38.8 Å². The number of hydrogen-bond donors (Lipinski definition) is 1. The van der Waals surface area contributed by atoms with Gasteiger partial charge in [-0.3, -0.25) is 9.59 Å². The van der Waals surface area contributed by atoms with E-state index in [0.29, 0.717) is 28.5 Å². The fourth-order valence-corrected chi connectivity index (χ4v) is 2.68. The van der Waals surface area contributed by atoms with Crippen LogP contribution in [-0.2, 0) is 4.79 Å². The summed E-state index contributed by atoms with van der Waals surface area (Å²) in [6.07, 6.45) is 3.47. The Morgan fingerprint density at radius 2 is 2.15 bits per heavy atom. The first kappa shape index (κ1) is 16.3. The van der Waals surface area contributed by atoms with Gasteiger partial charge < -0.3 is 14.3 Å². The molecule has 1 N–H and O–H groups in total. The molecule has 1 atom stereocenters. The van der Waals surface area contributed by atoms with Crippen LogP contribution < -0.4 is 10.9 Å². The maximum Gasteiger partial charge on any atom is 0.268 e. The molecule has 134 valence electrons. The lowest BCUT2D eigenvalue weighted by Gasteiger charge is -2.15. The molecule has 1 saturated carbocycles. The van der Waals surface area contributed by atoms with E-state index in [1.165, 1.54) is 17.0 Å². The van der Waals surface area contributed by atoms with Gasteiger partial charge in [0, 0.05) is 18.2 Å². The molecule has 1 fully saturated rings. The summed E-state index contributed by atoms with van der Waals surface area (Å²) in [4.78, 5) is 25.0. The second-order valence-electron chi connectivity index (χ2n) is 6.46. The normalized spacial score (nSPS) is 15.0. The Labute approximate surface area is 148 Å². The van der Waals surface area contributed by atoms with Gasteiger partial charge in [0.2, 0.25) is 5.91 Å². The van der Waals surface area contributed by atoms with Gasteiger partial charge in [0.25, 0.3) is 5.56 Å². The molecule has 1 aliphatic rings. The van der Waals surface area contributed by atoms with E-state index in [9.17, 15) is 9.59 Å². The van der Waals surface area contributed by atoms with Crippen molar-refractivity contribution < 1.29 is 13.7 Å². The summed E-state index contributed by atoms with van der Waals surface area (Å²) in [6, 6.07) is 6.05. The van der Waals surface area contributed by atoms with E-state index in [1.54, 1.807) is 32.0 Å².